The van der Waals surface area contributed by atoms with Gasteiger partial charge >= 0.3 is 0 Å². The summed E-state index contributed by atoms with van der Waals surface area (Å²) in [5, 5.41) is 7.34. The van der Waals surface area contributed by atoms with Crippen LogP contribution in [0.1, 0.15) is 16.8 Å². The van der Waals surface area contributed by atoms with Gasteiger partial charge in [0.05, 0.1) is 29.3 Å². The molecule has 0 bridgehead atoms. The molecule has 9 heteroatoms. The van der Waals surface area contributed by atoms with Gasteiger partial charge in [-0.3, -0.25) is 9.48 Å². The molecule has 4 heterocycles. The lowest BCUT2D eigenvalue weighted by molar-refractivity contribution is 0.0940. The van der Waals surface area contributed by atoms with Crippen LogP contribution in [-0.4, -0.2) is 54.3 Å². The summed E-state index contributed by atoms with van der Waals surface area (Å²) < 4.78 is 3.69. The van der Waals surface area contributed by atoms with Gasteiger partial charge in [0.25, 0.3) is 5.91 Å². The minimum Gasteiger partial charge on any atom is -0.347 e. The van der Waals surface area contributed by atoms with Crippen LogP contribution in [0.15, 0.2) is 49.2 Å². The maximum Gasteiger partial charge on any atom is 0.251 e. The molecule has 30 heavy (non-hydrogen) atoms. The molecule has 0 aliphatic carbocycles. The quantitative estimate of drug-likeness (QED) is 0.559. The number of carbonyl (C=O) groups is 1. The highest BCUT2D eigenvalue weighted by molar-refractivity contribution is 5.97. The number of hydrogen-bond donors (Lipinski definition) is 1. The number of anilines is 1. The number of aromatic nitrogens is 6. The Bertz CT molecular complexity index is 1230. The minimum absolute atomic E-state index is 0.0441. The summed E-state index contributed by atoms with van der Waals surface area (Å²) in [6.07, 6.45) is 8.08. The maximum atomic E-state index is 12.7. The number of fused-ring (bicyclic) bond motifs is 1. The molecule has 1 fully saturated rings. The van der Waals surface area contributed by atoms with Crippen LogP contribution in [0, 0.1) is 0 Å². The highest BCUT2D eigenvalue weighted by Crippen LogP contribution is 2.21. The monoisotopic (exact) mass is 402 g/mol. The summed E-state index contributed by atoms with van der Waals surface area (Å²) in [4.78, 5) is 28.3. The zero-order valence-electron chi connectivity index (χ0n) is 16.9. The van der Waals surface area contributed by atoms with E-state index >= 15 is 0 Å². The molecular weight excluding hydrogens is 380 g/mol. The summed E-state index contributed by atoms with van der Waals surface area (Å²) in [6, 6.07) is 7.52. The van der Waals surface area contributed by atoms with E-state index in [1.807, 2.05) is 49.1 Å². The molecule has 1 saturated heterocycles. The Morgan fingerprint density at radius 1 is 1.20 bits per heavy atom. The van der Waals surface area contributed by atoms with Crippen LogP contribution in [0.2, 0.25) is 0 Å². The topological polar surface area (TPSA) is 93.8 Å². The van der Waals surface area contributed by atoms with Crippen LogP contribution in [0.3, 0.4) is 0 Å². The van der Waals surface area contributed by atoms with E-state index in [0.29, 0.717) is 18.1 Å². The van der Waals surface area contributed by atoms with Crippen molar-refractivity contribution in [3.05, 3.63) is 54.7 Å². The van der Waals surface area contributed by atoms with Gasteiger partial charge in [-0.1, -0.05) is 0 Å². The van der Waals surface area contributed by atoms with Gasteiger partial charge in [-0.15, -0.1) is 0 Å². The number of hydrogen-bond acceptors (Lipinski definition) is 6. The van der Waals surface area contributed by atoms with Crippen LogP contribution in [0.25, 0.3) is 22.3 Å². The second-order valence-electron chi connectivity index (χ2n) is 7.61. The Balaban J connectivity index is 1.27. The number of nitrogens with one attached hydrogen (secondary N) is 1. The fourth-order valence-electron chi connectivity index (χ4n) is 3.82. The van der Waals surface area contributed by atoms with Crippen molar-refractivity contribution < 1.29 is 4.79 Å². The summed E-state index contributed by atoms with van der Waals surface area (Å²) >= 11 is 0. The van der Waals surface area contributed by atoms with Gasteiger partial charge in [-0.2, -0.15) is 5.10 Å². The van der Waals surface area contributed by atoms with Crippen LogP contribution >= 0.6 is 0 Å². The van der Waals surface area contributed by atoms with E-state index in [2.05, 4.69) is 30.3 Å². The highest BCUT2D eigenvalue weighted by Gasteiger charge is 2.26. The smallest absolute Gasteiger partial charge is 0.251 e. The Hall–Kier alpha value is -3.75. The van der Waals surface area contributed by atoms with Gasteiger partial charge in [0.1, 0.15) is 0 Å². The third-order valence-electron chi connectivity index (χ3n) is 5.44. The molecule has 3 aromatic heterocycles. The predicted octanol–water partition coefficient (Wildman–Crippen LogP) is 1.77. The van der Waals surface area contributed by atoms with Gasteiger partial charge in [0.2, 0.25) is 5.95 Å². The number of aryl methyl sites for hydroxylation is 2. The van der Waals surface area contributed by atoms with Gasteiger partial charge in [-0.05, 0) is 30.7 Å². The van der Waals surface area contributed by atoms with E-state index in [0.717, 1.165) is 35.3 Å². The van der Waals surface area contributed by atoms with Crippen LogP contribution in [-0.2, 0) is 14.1 Å². The van der Waals surface area contributed by atoms with Gasteiger partial charge < -0.3 is 14.8 Å². The lowest BCUT2D eigenvalue weighted by Crippen LogP contribution is -2.37. The number of amides is 1. The first-order chi connectivity index (χ1) is 14.6. The molecule has 4 aromatic rings. The molecule has 5 rings (SSSR count). The number of imidazole rings is 1. The lowest BCUT2D eigenvalue weighted by Gasteiger charge is -2.17. The molecule has 1 atom stereocenters. The molecular formula is C21H22N8O. The van der Waals surface area contributed by atoms with E-state index in [-0.39, 0.29) is 11.9 Å². The number of nitrogens with zero attached hydrogens (tertiary/aromatic N) is 7. The maximum absolute atomic E-state index is 12.7. The molecule has 0 spiro atoms. The van der Waals surface area contributed by atoms with Gasteiger partial charge in [0, 0.05) is 56.7 Å². The van der Waals surface area contributed by atoms with E-state index in [1.165, 1.54) is 0 Å². The third kappa shape index (κ3) is 3.38. The average molecular weight is 402 g/mol. The van der Waals surface area contributed by atoms with Crippen molar-refractivity contribution in [1.82, 2.24) is 34.6 Å². The first kappa shape index (κ1) is 18.3. The van der Waals surface area contributed by atoms with E-state index in [4.69, 9.17) is 0 Å². The normalized spacial score (nSPS) is 16.3. The second kappa shape index (κ2) is 7.25. The molecule has 9 nitrogen and oxygen atoms in total. The van der Waals surface area contributed by atoms with Gasteiger partial charge in [-0.25, -0.2) is 15.0 Å². The van der Waals surface area contributed by atoms with E-state index < -0.39 is 0 Å². The van der Waals surface area contributed by atoms with E-state index in [9.17, 15) is 4.79 Å². The van der Waals surface area contributed by atoms with Crippen molar-refractivity contribution in [3.8, 4) is 11.3 Å². The summed E-state index contributed by atoms with van der Waals surface area (Å²) in [7, 11) is 3.82. The largest absolute Gasteiger partial charge is 0.347 e. The standard InChI is InChI=1S/C21H22N8O/c1-27-13-23-18-9-14(3-4-19(18)27)20(30)25-16-6-8-29(12-16)21-22-7-5-17(26-21)15-10-24-28(2)11-15/h3-5,7,9-11,13,16H,6,8,12H2,1-2H3,(H,25,30). The van der Waals surface area contributed by atoms with Crippen LogP contribution in [0.4, 0.5) is 5.95 Å². The van der Waals surface area contributed by atoms with Crippen LogP contribution < -0.4 is 10.2 Å². The minimum atomic E-state index is -0.0839. The fraction of sp³-hybridized carbons (Fsp3) is 0.286. The lowest BCUT2D eigenvalue weighted by atomic mass is 10.1. The Morgan fingerprint density at radius 3 is 2.93 bits per heavy atom. The Labute approximate surface area is 173 Å². The van der Waals surface area contributed by atoms with Crippen molar-refractivity contribution in [2.45, 2.75) is 12.5 Å². The number of carbonyl (C=O) groups excluding carboxylic acids is 1. The molecule has 1 amide bonds. The fourth-order valence-corrected chi connectivity index (χ4v) is 3.82. The van der Waals surface area contributed by atoms with Crippen LogP contribution in [0.5, 0.6) is 0 Å². The van der Waals surface area contributed by atoms with Crippen molar-refractivity contribution in [2.75, 3.05) is 18.0 Å². The Morgan fingerprint density at radius 2 is 2.10 bits per heavy atom. The van der Waals surface area contributed by atoms with Crippen molar-refractivity contribution in [3.63, 3.8) is 0 Å². The first-order valence-electron chi connectivity index (χ1n) is 9.86. The SMILES string of the molecule is Cn1cc(-c2ccnc(N3CCC(NC(=O)c4ccc5c(c4)ncn5C)C3)n2)cn1. The molecule has 1 aliphatic rings. The average Bonchev–Trinajstić information content (AvgIpc) is 3.49. The summed E-state index contributed by atoms with van der Waals surface area (Å²) in [6.45, 7) is 1.47. The molecule has 1 unspecified atom stereocenters. The van der Waals surface area contributed by atoms with Crippen molar-refractivity contribution >= 4 is 22.9 Å². The molecule has 0 saturated carbocycles. The zero-order chi connectivity index (χ0) is 20.7. The summed E-state index contributed by atoms with van der Waals surface area (Å²) in [5.74, 6) is 0.586. The Kier molecular flexibility index (Phi) is 4.42. The predicted molar refractivity (Wildman–Crippen MR) is 113 cm³/mol. The zero-order valence-corrected chi connectivity index (χ0v) is 16.9. The molecule has 0 radical (unpaired) electrons. The molecule has 152 valence electrons. The van der Waals surface area contributed by atoms with E-state index in [1.54, 1.807) is 23.4 Å². The van der Waals surface area contributed by atoms with Crippen molar-refractivity contribution in [2.24, 2.45) is 14.1 Å². The first-order valence-corrected chi connectivity index (χ1v) is 9.86. The number of rotatable bonds is 4. The molecule has 1 aromatic carbocycles. The highest BCUT2D eigenvalue weighted by atomic mass is 16.1. The van der Waals surface area contributed by atoms with Crippen molar-refractivity contribution in [1.29, 1.82) is 0 Å². The van der Waals surface area contributed by atoms with Gasteiger partial charge in [0.15, 0.2) is 0 Å². The molecule has 1 aliphatic heterocycles. The third-order valence-corrected chi connectivity index (χ3v) is 5.44. The molecule has 1 N–H and O–H groups in total. The second-order valence-corrected chi connectivity index (χ2v) is 7.61. The summed E-state index contributed by atoms with van der Waals surface area (Å²) in [5.41, 5.74) is 4.23. The number of benzene rings is 1.